The Labute approximate surface area is 149 Å². The number of benzene rings is 2. The summed E-state index contributed by atoms with van der Waals surface area (Å²) < 4.78 is 5.31. The first-order valence-electron chi connectivity index (χ1n) is 7.20. The minimum atomic E-state index is -0.277. The largest absolute Gasteiger partial charge is 0.481 e. The summed E-state index contributed by atoms with van der Waals surface area (Å²) in [7, 11) is 1.54. The number of ether oxygens (including phenoxy) is 1. The van der Waals surface area contributed by atoms with Gasteiger partial charge in [0.05, 0.1) is 28.2 Å². The van der Waals surface area contributed by atoms with Gasteiger partial charge in [0.25, 0.3) is 0 Å². The number of hydrogen-bond acceptors (Lipinski definition) is 3. The third kappa shape index (κ3) is 3.28. The molecule has 0 saturated heterocycles. The van der Waals surface area contributed by atoms with E-state index in [-0.39, 0.29) is 11.3 Å². The summed E-state index contributed by atoms with van der Waals surface area (Å²) in [5, 5.41) is 1.60. The number of methoxy groups -OCH3 is 1. The number of halogens is 2. The van der Waals surface area contributed by atoms with Crippen molar-refractivity contribution in [1.82, 2.24) is 4.98 Å². The fourth-order valence-corrected chi connectivity index (χ4v) is 2.96. The summed E-state index contributed by atoms with van der Waals surface area (Å²) in [4.78, 5) is 16.8. The van der Waals surface area contributed by atoms with Crippen LogP contribution in [0.15, 0.2) is 54.6 Å². The second kappa shape index (κ2) is 7.04. The Morgan fingerprint density at radius 2 is 1.79 bits per heavy atom. The van der Waals surface area contributed by atoms with Gasteiger partial charge < -0.3 is 4.74 Å². The summed E-state index contributed by atoms with van der Waals surface area (Å²) in [6.07, 6.45) is 3.07. The van der Waals surface area contributed by atoms with Crippen LogP contribution in [0.2, 0.25) is 10.0 Å². The average molecular weight is 358 g/mol. The van der Waals surface area contributed by atoms with Gasteiger partial charge in [0.15, 0.2) is 5.78 Å². The number of ketones is 1. The number of aromatic nitrogens is 1. The lowest BCUT2D eigenvalue weighted by Crippen LogP contribution is -1.97. The number of carbonyl (C=O) groups is 1. The first-order valence-corrected chi connectivity index (χ1v) is 7.96. The lowest BCUT2D eigenvalue weighted by Gasteiger charge is -2.06. The van der Waals surface area contributed by atoms with E-state index in [9.17, 15) is 4.79 Å². The second-order valence-corrected chi connectivity index (χ2v) is 5.89. The highest BCUT2D eigenvalue weighted by Crippen LogP contribution is 2.27. The molecule has 0 atom stereocenters. The molecular weight excluding hydrogens is 345 g/mol. The molecule has 120 valence electrons. The number of carbonyl (C=O) groups excluding carboxylic acids is 1. The zero-order chi connectivity index (χ0) is 17.1. The van der Waals surface area contributed by atoms with Crippen molar-refractivity contribution in [1.29, 1.82) is 0 Å². The standard InChI is InChI=1S/C19H13Cl2NO2/c1-24-19-13(11-12-5-2-3-8-16(12)22-19)9-10-17(23)18-14(20)6-4-7-15(18)21/h2-11H,1H3. The Bertz CT molecular complexity index is 931. The molecule has 0 bridgehead atoms. The van der Waals surface area contributed by atoms with Crippen LogP contribution in [0.25, 0.3) is 17.0 Å². The van der Waals surface area contributed by atoms with Gasteiger partial charge in [-0.25, -0.2) is 4.98 Å². The highest BCUT2D eigenvalue weighted by atomic mass is 35.5. The predicted molar refractivity (Wildman–Crippen MR) is 98.1 cm³/mol. The molecule has 0 aliphatic rings. The predicted octanol–water partition coefficient (Wildman–Crippen LogP) is 5.45. The van der Waals surface area contributed by atoms with E-state index in [4.69, 9.17) is 27.9 Å². The maximum atomic E-state index is 12.4. The number of allylic oxidation sites excluding steroid dienone is 1. The number of hydrogen-bond donors (Lipinski definition) is 0. The van der Waals surface area contributed by atoms with E-state index in [1.54, 1.807) is 31.4 Å². The Hall–Kier alpha value is -2.36. The van der Waals surface area contributed by atoms with Gasteiger partial charge in [0, 0.05) is 10.9 Å². The molecule has 0 spiro atoms. The van der Waals surface area contributed by atoms with Crippen LogP contribution >= 0.6 is 23.2 Å². The van der Waals surface area contributed by atoms with E-state index in [0.717, 1.165) is 10.9 Å². The molecule has 3 aromatic rings. The van der Waals surface area contributed by atoms with Gasteiger partial charge in [-0.3, -0.25) is 4.79 Å². The summed E-state index contributed by atoms with van der Waals surface area (Å²) in [6, 6.07) is 14.6. The molecule has 3 rings (SSSR count). The summed E-state index contributed by atoms with van der Waals surface area (Å²) in [5.41, 5.74) is 1.81. The lowest BCUT2D eigenvalue weighted by atomic mass is 10.1. The quantitative estimate of drug-likeness (QED) is 0.460. The molecule has 0 radical (unpaired) electrons. The van der Waals surface area contributed by atoms with E-state index in [0.29, 0.717) is 21.5 Å². The van der Waals surface area contributed by atoms with E-state index < -0.39 is 0 Å². The van der Waals surface area contributed by atoms with Gasteiger partial charge >= 0.3 is 0 Å². The molecule has 0 saturated carbocycles. The lowest BCUT2D eigenvalue weighted by molar-refractivity contribution is 0.104. The number of para-hydroxylation sites is 1. The summed E-state index contributed by atoms with van der Waals surface area (Å²) >= 11 is 12.1. The maximum Gasteiger partial charge on any atom is 0.221 e. The molecule has 0 amide bonds. The van der Waals surface area contributed by atoms with Crippen molar-refractivity contribution in [3.05, 3.63) is 75.8 Å². The number of pyridine rings is 1. The average Bonchev–Trinajstić information content (AvgIpc) is 2.59. The molecule has 0 aliphatic heterocycles. The molecule has 2 aromatic carbocycles. The zero-order valence-corrected chi connectivity index (χ0v) is 14.3. The smallest absolute Gasteiger partial charge is 0.221 e. The van der Waals surface area contributed by atoms with E-state index >= 15 is 0 Å². The summed E-state index contributed by atoms with van der Waals surface area (Å²) in [5.74, 6) is 0.170. The van der Waals surface area contributed by atoms with Crippen LogP contribution in [0, 0.1) is 0 Å². The van der Waals surface area contributed by atoms with Crippen molar-refractivity contribution in [2.75, 3.05) is 7.11 Å². The Balaban J connectivity index is 1.99. The van der Waals surface area contributed by atoms with Crippen molar-refractivity contribution >= 4 is 46.0 Å². The van der Waals surface area contributed by atoms with E-state index in [1.165, 1.54) is 6.08 Å². The molecule has 24 heavy (non-hydrogen) atoms. The van der Waals surface area contributed by atoms with Crippen LogP contribution in [-0.2, 0) is 0 Å². The van der Waals surface area contributed by atoms with Crippen LogP contribution in [0.4, 0.5) is 0 Å². The molecular formula is C19H13Cl2NO2. The molecule has 1 heterocycles. The van der Waals surface area contributed by atoms with Gasteiger partial charge in [-0.05, 0) is 36.4 Å². The monoisotopic (exact) mass is 357 g/mol. The summed E-state index contributed by atoms with van der Waals surface area (Å²) in [6.45, 7) is 0. The highest BCUT2D eigenvalue weighted by Gasteiger charge is 2.12. The van der Waals surface area contributed by atoms with Crippen molar-refractivity contribution in [2.45, 2.75) is 0 Å². The first kappa shape index (κ1) is 16.5. The third-order valence-corrected chi connectivity index (χ3v) is 4.16. The minimum Gasteiger partial charge on any atom is -0.481 e. The first-order chi connectivity index (χ1) is 11.6. The SMILES string of the molecule is COc1nc2ccccc2cc1C=CC(=O)c1c(Cl)cccc1Cl. The fourth-order valence-electron chi connectivity index (χ4n) is 2.38. The number of rotatable bonds is 4. The maximum absolute atomic E-state index is 12.4. The van der Waals surface area contributed by atoms with Crippen LogP contribution in [0.1, 0.15) is 15.9 Å². The van der Waals surface area contributed by atoms with Crippen LogP contribution in [0.5, 0.6) is 5.88 Å². The molecule has 5 heteroatoms. The molecule has 0 aliphatic carbocycles. The Morgan fingerprint density at radius 1 is 1.08 bits per heavy atom. The second-order valence-electron chi connectivity index (χ2n) is 5.07. The van der Waals surface area contributed by atoms with Crippen molar-refractivity contribution in [3.63, 3.8) is 0 Å². The van der Waals surface area contributed by atoms with Crippen molar-refractivity contribution in [2.24, 2.45) is 0 Å². The Morgan fingerprint density at radius 3 is 2.50 bits per heavy atom. The molecule has 1 aromatic heterocycles. The molecule has 0 unspecified atom stereocenters. The number of fused-ring (bicyclic) bond motifs is 1. The van der Waals surface area contributed by atoms with E-state index in [1.807, 2.05) is 30.3 Å². The van der Waals surface area contributed by atoms with Crippen molar-refractivity contribution in [3.8, 4) is 5.88 Å². The van der Waals surface area contributed by atoms with Crippen LogP contribution in [-0.4, -0.2) is 17.9 Å². The van der Waals surface area contributed by atoms with Gasteiger partial charge in [-0.1, -0.05) is 47.5 Å². The topological polar surface area (TPSA) is 39.2 Å². The normalized spacial score (nSPS) is 11.1. The van der Waals surface area contributed by atoms with Crippen LogP contribution in [0.3, 0.4) is 0 Å². The van der Waals surface area contributed by atoms with Gasteiger partial charge in [0.1, 0.15) is 0 Å². The zero-order valence-electron chi connectivity index (χ0n) is 12.8. The van der Waals surface area contributed by atoms with Crippen molar-refractivity contribution < 1.29 is 9.53 Å². The van der Waals surface area contributed by atoms with Gasteiger partial charge in [-0.2, -0.15) is 0 Å². The molecule has 0 fully saturated rings. The third-order valence-electron chi connectivity index (χ3n) is 3.53. The molecule has 0 N–H and O–H groups in total. The number of nitrogens with zero attached hydrogens (tertiary/aromatic N) is 1. The molecule has 3 nitrogen and oxygen atoms in total. The Kier molecular flexibility index (Phi) is 4.84. The minimum absolute atomic E-state index is 0.277. The van der Waals surface area contributed by atoms with Gasteiger partial charge in [0.2, 0.25) is 5.88 Å². The highest BCUT2D eigenvalue weighted by molar-refractivity contribution is 6.40. The van der Waals surface area contributed by atoms with Gasteiger partial charge in [-0.15, -0.1) is 0 Å². The van der Waals surface area contributed by atoms with E-state index in [2.05, 4.69) is 4.98 Å². The van der Waals surface area contributed by atoms with Crippen LogP contribution < -0.4 is 4.74 Å². The fraction of sp³-hybridized carbons (Fsp3) is 0.0526.